The number of ether oxygens (including phenoxy) is 1. The van der Waals surface area contributed by atoms with E-state index in [1.807, 2.05) is 0 Å². The minimum absolute atomic E-state index is 0.353. The predicted octanol–water partition coefficient (Wildman–Crippen LogP) is 4.99. The number of pyridine rings is 1. The molecule has 2 aromatic carbocycles. The fourth-order valence-corrected chi connectivity index (χ4v) is 4.06. The van der Waals surface area contributed by atoms with Crippen LogP contribution in [-0.2, 0) is 17.4 Å². The third-order valence-electron chi connectivity index (χ3n) is 5.96. The molecule has 4 rings (SSSR count). The molecule has 1 aromatic heterocycles. The van der Waals surface area contributed by atoms with Gasteiger partial charge in [-0.3, -0.25) is 0 Å². The Balaban J connectivity index is 1.69. The molecule has 3 aromatic rings. The molecule has 4 nitrogen and oxygen atoms in total. The Labute approximate surface area is 186 Å². The Bertz CT molecular complexity index is 1080. The Kier molecular flexibility index (Phi) is 5.84. The predicted molar refractivity (Wildman–Crippen MR) is 129 cm³/mol. The van der Waals surface area contributed by atoms with Crippen LogP contribution < -0.4 is 14.4 Å². The highest BCUT2D eigenvalue weighted by molar-refractivity contribution is 5.69. The molecule has 1 aliphatic rings. The van der Waals surface area contributed by atoms with Crippen LogP contribution in [0.4, 0.5) is 11.4 Å². The van der Waals surface area contributed by atoms with Gasteiger partial charge < -0.3 is 14.5 Å². The number of nitrogens with zero attached hydrogens (tertiary/aromatic N) is 3. The molecule has 0 N–H and O–H groups in total. The van der Waals surface area contributed by atoms with E-state index in [4.69, 9.17) is 4.74 Å². The van der Waals surface area contributed by atoms with E-state index in [0.717, 1.165) is 6.54 Å². The van der Waals surface area contributed by atoms with Gasteiger partial charge in [0.2, 0.25) is 5.69 Å². The maximum atomic E-state index is 6.27. The van der Waals surface area contributed by atoms with E-state index in [1.54, 1.807) is 0 Å². The Morgan fingerprint density at radius 1 is 1.03 bits per heavy atom. The normalized spacial score (nSPS) is 15.6. The number of aryl methyl sites for hydroxylation is 1. The van der Waals surface area contributed by atoms with E-state index in [1.165, 1.54) is 33.8 Å². The molecule has 0 spiro atoms. The van der Waals surface area contributed by atoms with Crippen molar-refractivity contribution in [2.45, 2.75) is 19.4 Å². The molecule has 2 heterocycles. The molecule has 1 aliphatic heterocycles. The van der Waals surface area contributed by atoms with Crippen molar-refractivity contribution in [2.75, 3.05) is 37.0 Å². The summed E-state index contributed by atoms with van der Waals surface area (Å²) in [6, 6.07) is 21.6. The lowest BCUT2D eigenvalue weighted by molar-refractivity contribution is -0.660. The zero-order chi connectivity index (χ0) is 22.0. The van der Waals surface area contributed by atoms with E-state index < -0.39 is 0 Å². The third-order valence-corrected chi connectivity index (χ3v) is 5.96. The van der Waals surface area contributed by atoms with E-state index in [-0.39, 0.29) is 5.60 Å². The summed E-state index contributed by atoms with van der Waals surface area (Å²) < 4.78 is 8.43. The lowest BCUT2D eigenvalue weighted by Crippen LogP contribution is -2.30. The van der Waals surface area contributed by atoms with E-state index in [0.29, 0.717) is 6.61 Å². The van der Waals surface area contributed by atoms with Gasteiger partial charge in [0.05, 0.1) is 12.2 Å². The second-order valence-electron chi connectivity index (χ2n) is 8.78. The van der Waals surface area contributed by atoms with Gasteiger partial charge in [-0.15, -0.1) is 0 Å². The van der Waals surface area contributed by atoms with Crippen LogP contribution in [-0.4, -0.2) is 27.2 Å². The summed E-state index contributed by atoms with van der Waals surface area (Å²) in [5.41, 5.74) is 6.83. The number of aromatic nitrogens is 1. The topological polar surface area (TPSA) is 19.6 Å². The zero-order valence-electron chi connectivity index (χ0n) is 19.2. The van der Waals surface area contributed by atoms with E-state index in [2.05, 4.69) is 128 Å². The van der Waals surface area contributed by atoms with Gasteiger partial charge in [0.1, 0.15) is 7.05 Å². The summed E-state index contributed by atoms with van der Waals surface area (Å²) in [4.78, 5) is 4.42. The first kappa shape index (κ1) is 21.1. The van der Waals surface area contributed by atoms with Crippen molar-refractivity contribution in [3.05, 3.63) is 84.2 Å². The summed E-state index contributed by atoms with van der Waals surface area (Å²) in [5.74, 6) is 0. The molecule has 0 bridgehead atoms. The Hall–Kier alpha value is -3.11. The summed E-state index contributed by atoms with van der Waals surface area (Å²) in [5, 5.41) is 0. The molecule has 0 unspecified atom stereocenters. The molecule has 0 radical (unpaired) electrons. The number of hydrogen-bond donors (Lipinski definition) is 0. The smallest absolute Gasteiger partial charge is 0.212 e. The van der Waals surface area contributed by atoms with Crippen molar-refractivity contribution in [3.63, 3.8) is 0 Å². The monoisotopic (exact) mass is 414 g/mol. The fraction of sp³-hybridized carbons (Fsp3) is 0.296. The average Bonchev–Trinajstić information content (AvgIpc) is 2.88. The van der Waals surface area contributed by atoms with Crippen LogP contribution in [0.1, 0.15) is 25.0 Å². The first-order chi connectivity index (χ1) is 14.8. The quantitative estimate of drug-likeness (QED) is 0.561. The van der Waals surface area contributed by atoms with Gasteiger partial charge in [-0.05, 0) is 61.9 Å². The molecule has 0 fully saturated rings. The first-order valence-electron chi connectivity index (χ1n) is 10.8. The van der Waals surface area contributed by atoms with E-state index >= 15 is 0 Å². The van der Waals surface area contributed by atoms with Crippen LogP contribution in [0.2, 0.25) is 0 Å². The molecular weight excluding hydrogens is 382 g/mol. The van der Waals surface area contributed by atoms with E-state index in [9.17, 15) is 0 Å². The molecule has 4 heteroatoms. The lowest BCUT2D eigenvalue weighted by Gasteiger charge is -2.27. The fourth-order valence-electron chi connectivity index (χ4n) is 4.06. The SMILES string of the molecule is CN(C)c1ccc(/C=C/N2CCOC(C)(C)c3cc(-c4cccc[n+]4C)ccc32)cc1. The van der Waals surface area contributed by atoms with Crippen molar-refractivity contribution in [3.8, 4) is 11.3 Å². The Morgan fingerprint density at radius 2 is 1.81 bits per heavy atom. The largest absolute Gasteiger partial charge is 0.378 e. The first-order valence-corrected chi connectivity index (χ1v) is 10.8. The number of rotatable bonds is 4. The number of anilines is 2. The van der Waals surface area contributed by atoms with Gasteiger partial charge in [-0.25, -0.2) is 4.57 Å². The van der Waals surface area contributed by atoms with Gasteiger partial charge in [-0.1, -0.05) is 12.1 Å². The minimum Gasteiger partial charge on any atom is -0.378 e. The van der Waals surface area contributed by atoms with Crippen LogP contribution >= 0.6 is 0 Å². The second kappa shape index (κ2) is 8.56. The number of fused-ring (bicyclic) bond motifs is 1. The zero-order valence-corrected chi connectivity index (χ0v) is 19.2. The molecule has 31 heavy (non-hydrogen) atoms. The van der Waals surface area contributed by atoms with Crippen molar-refractivity contribution < 1.29 is 9.30 Å². The minimum atomic E-state index is -0.353. The highest BCUT2D eigenvalue weighted by atomic mass is 16.5. The molecule has 0 amide bonds. The molecule has 0 saturated heterocycles. The highest BCUT2D eigenvalue weighted by Gasteiger charge is 2.30. The number of hydrogen-bond acceptors (Lipinski definition) is 3. The van der Waals surface area contributed by atoms with Gasteiger partial charge in [0, 0.05) is 61.5 Å². The maximum absolute atomic E-state index is 6.27. The average molecular weight is 415 g/mol. The van der Waals surface area contributed by atoms with Crippen molar-refractivity contribution in [1.82, 2.24) is 0 Å². The standard InChI is InChI=1S/C27H32N3O/c1-27(2)24-20-22(25-8-6-7-16-29(25)5)11-14-26(24)30(18-19-31-27)17-15-21-9-12-23(13-10-21)28(3)4/h6-17,20H,18-19H2,1-5H3/q+1/b17-15+. The lowest BCUT2D eigenvalue weighted by atomic mass is 9.93. The molecule has 160 valence electrons. The van der Waals surface area contributed by atoms with Crippen LogP contribution in [0, 0.1) is 0 Å². The van der Waals surface area contributed by atoms with Crippen molar-refractivity contribution in [2.24, 2.45) is 7.05 Å². The summed E-state index contributed by atoms with van der Waals surface area (Å²) in [6.07, 6.45) is 6.43. The van der Waals surface area contributed by atoms with Crippen LogP contribution in [0.15, 0.2) is 73.1 Å². The van der Waals surface area contributed by atoms with Gasteiger partial charge in [0.15, 0.2) is 6.20 Å². The van der Waals surface area contributed by atoms with Crippen LogP contribution in [0.3, 0.4) is 0 Å². The molecular formula is C27H32N3O+. The van der Waals surface area contributed by atoms with Crippen LogP contribution in [0.5, 0.6) is 0 Å². The van der Waals surface area contributed by atoms with Gasteiger partial charge in [-0.2, -0.15) is 0 Å². The third kappa shape index (κ3) is 4.49. The van der Waals surface area contributed by atoms with Crippen molar-refractivity contribution >= 4 is 17.5 Å². The molecule has 0 atom stereocenters. The van der Waals surface area contributed by atoms with Crippen molar-refractivity contribution in [1.29, 1.82) is 0 Å². The van der Waals surface area contributed by atoms with Gasteiger partial charge >= 0.3 is 0 Å². The second-order valence-corrected chi connectivity index (χ2v) is 8.78. The van der Waals surface area contributed by atoms with Crippen LogP contribution in [0.25, 0.3) is 17.3 Å². The summed E-state index contributed by atoms with van der Waals surface area (Å²) in [6.45, 7) is 5.82. The summed E-state index contributed by atoms with van der Waals surface area (Å²) in [7, 11) is 6.20. The highest BCUT2D eigenvalue weighted by Crippen LogP contribution is 2.38. The summed E-state index contributed by atoms with van der Waals surface area (Å²) >= 11 is 0. The number of benzene rings is 2. The van der Waals surface area contributed by atoms with Gasteiger partial charge in [0.25, 0.3) is 0 Å². The molecule has 0 saturated carbocycles. The molecule has 0 aliphatic carbocycles. The Morgan fingerprint density at radius 3 is 2.52 bits per heavy atom. The maximum Gasteiger partial charge on any atom is 0.212 e.